The summed E-state index contributed by atoms with van der Waals surface area (Å²) in [6.45, 7) is 0. The highest BCUT2D eigenvalue weighted by Crippen LogP contribution is 2.40. The Morgan fingerprint density at radius 1 is 1.29 bits per heavy atom. The maximum atomic E-state index is 12.6. The fourth-order valence-electron chi connectivity index (χ4n) is 3.59. The molecule has 0 bridgehead atoms. The standard InChI is InChI=1S/C18H18N2O/c21-18(13-6-2-1-3-7-13)10-15-14-8-4-5-9-16(14)20-12-19-11-17(15)20/h1-2,4-5,8-9,11-13,15H,3,6-7,10H2. The second-order valence-corrected chi connectivity index (χ2v) is 5.95. The van der Waals surface area contributed by atoms with E-state index in [0.29, 0.717) is 12.2 Å². The highest BCUT2D eigenvalue weighted by molar-refractivity contribution is 5.83. The molecular formula is C18H18N2O. The molecule has 1 aliphatic carbocycles. The van der Waals surface area contributed by atoms with Crippen LogP contribution in [0.4, 0.5) is 0 Å². The van der Waals surface area contributed by atoms with Gasteiger partial charge in [-0.1, -0.05) is 30.4 Å². The third kappa shape index (κ3) is 2.04. The third-order valence-corrected chi connectivity index (χ3v) is 4.73. The lowest BCUT2D eigenvalue weighted by molar-refractivity contribution is -0.123. The fraction of sp³-hybridized carbons (Fsp3) is 0.333. The van der Waals surface area contributed by atoms with Gasteiger partial charge in [0, 0.05) is 24.5 Å². The number of fused-ring (bicyclic) bond motifs is 3. The van der Waals surface area contributed by atoms with Gasteiger partial charge in [-0.3, -0.25) is 4.79 Å². The molecule has 21 heavy (non-hydrogen) atoms. The molecule has 0 amide bonds. The Balaban J connectivity index is 1.63. The molecule has 1 aliphatic heterocycles. The van der Waals surface area contributed by atoms with Crippen molar-refractivity contribution in [1.29, 1.82) is 0 Å². The van der Waals surface area contributed by atoms with Crippen molar-refractivity contribution < 1.29 is 4.79 Å². The van der Waals surface area contributed by atoms with E-state index in [4.69, 9.17) is 0 Å². The van der Waals surface area contributed by atoms with E-state index in [-0.39, 0.29) is 11.8 Å². The van der Waals surface area contributed by atoms with Gasteiger partial charge in [0.25, 0.3) is 0 Å². The number of Topliss-reactive ketones (excluding diaryl/α,β-unsaturated/α-hetero) is 1. The number of benzene rings is 1. The van der Waals surface area contributed by atoms with Gasteiger partial charge in [0.1, 0.15) is 5.78 Å². The predicted octanol–water partition coefficient (Wildman–Crippen LogP) is 3.63. The molecule has 3 heteroatoms. The molecule has 0 saturated heterocycles. The first-order chi connectivity index (χ1) is 10.3. The van der Waals surface area contributed by atoms with E-state index in [9.17, 15) is 4.79 Å². The van der Waals surface area contributed by atoms with E-state index in [1.54, 1.807) is 0 Å². The van der Waals surface area contributed by atoms with E-state index in [2.05, 4.69) is 39.9 Å². The summed E-state index contributed by atoms with van der Waals surface area (Å²) < 4.78 is 2.12. The highest BCUT2D eigenvalue weighted by Gasteiger charge is 2.32. The first-order valence-corrected chi connectivity index (χ1v) is 7.64. The molecule has 2 heterocycles. The van der Waals surface area contributed by atoms with Gasteiger partial charge in [0.2, 0.25) is 0 Å². The molecule has 2 aliphatic rings. The van der Waals surface area contributed by atoms with Crippen LogP contribution in [-0.4, -0.2) is 15.3 Å². The average molecular weight is 278 g/mol. The molecule has 0 fully saturated rings. The van der Waals surface area contributed by atoms with Crippen LogP contribution in [0.5, 0.6) is 0 Å². The minimum atomic E-state index is 0.169. The number of rotatable bonds is 3. The van der Waals surface area contributed by atoms with Crippen LogP contribution in [0.1, 0.15) is 42.9 Å². The SMILES string of the molecule is O=C(CC1c2ccccc2-n2cncc21)C1CC=CCC1. The lowest BCUT2D eigenvalue weighted by atomic mass is 9.84. The zero-order valence-corrected chi connectivity index (χ0v) is 11.9. The van der Waals surface area contributed by atoms with Gasteiger partial charge < -0.3 is 4.57 Å². The van der Waals surface area contributed by atoms with Gasteiger partial charge in [-0.05, 0) is 30.9 Å². The molecule has 0 saturated carbocycles. The Bertz CT molecular complexity index is 714. The van der Waals surface area contributed by atoms with Crippen molar-refractivity contribution in [2.24, 2.45) is 5.92 Å². The maximum absolute atomic E-state index is 12.6. The number of carbonyl (C=O) groups is 1. The third-order valence-electron chi connectivity index (χ3n) is 4.73. The monoisotopic (exact) mass is 278 g/mol. The largest absolute Gasteiger partial charge is 0.302 e. The molecule has 0 radical (unpaired) electrons. The Hall–Kier alpha value is -2.16. The number of ketones is 1. The molecule has 4 rings (SSSR count). The molecule has 2 aromatic rings. The number of carbonyl (C=O) groups excluding carboxylic acids is 1. The zero-order valence-electron chi connectivity index (χ0n) is 11.9. The van der Waals surface area contributed by atoms with Gasteiger partial charge in [-0.25, -0.2) is 4.98 Å². The normalized spacial score (nSPS) is 22.9. The number of nitrogens with zero attached hydrogens (tertiary/aromatic N) is 2. The quantitative estimate of drug-likeness (QED) is 0.803. The van der Waals surface area contributed by atoms with Crippen LogP contribution in [0.15, 0.2) is 48.9 Å². The summed E-state index contributed by atoms with van der Waals surface area (Å²) >= 11 is 0. The Morgan fingerprint density at radius 2 is 2.19 bits per heavy atom. The van der Waals surface area contributed by atoms with Gasteiger partial charge in [-0.2, -0.15) is 0 Å². The van der Waals surface area contributed by atoms with E-state index < -0.39 is 0 Å². The molecule has 2 unspecified atom stereocenters. The molecule has 106 valence electrons. The van der Waals surface area contributed by atoms with Crippen LogP contribution in [0.3, 0.4) is 0 Å². The summed E-state index contributed by atoms with van der Waals surface area (Å²) in [5, 5.41) is 0. The average Bonchev–Trinajstić information content (AvgIpc) is 3.11. The Kier molecular flexibility index (Phi) is 2.99. The molecule has 2 atom stereocenters. The summed E-state index contributed by atoms with van der Waals surface area (Å²) in [5.74, 6) is 0.773. The van der Waals surface area contributed by atoms with Gasteiger partial charge >= 0.3 is 0 Å². The van der Waals surface area contributed by atoms with E-state index in [1.165, 1.54) is 11.3 Å². The molecule has 1 aromatic carbocycles. The minimum absolute atomic E-state index is 0.169. The summed E-state index contributed by atoms with van der Waals surface area (Å²) in [4.78, 5) is 16.9. The van der Waals surface area contributed by atoms with Crippen LogP contribution in [0, 0.1) is 5.92 Å². The molecule has 0 spiro atoms. The van der Waals surface area contributed by atoms with Gasteiger partial charge in [0.05, 0.1) is 17.7 Å². The smallest absolute Gasteiger partial charge is 0.137 e. The second-order valence-electron chi connectivity index (χ2n) is 5.95. The summed E-state index contributed by atoms with van der Waals surface area (Å²) in [7, 11) is 0. The van der Waals surface area contributed by atoms with Crippen molar-refractivity contribution in [2.75, 3.05) is 0 Å². The summed E-state index contributed by atoms with van der Waals surface area (Å²) in [6, 6.07) is 8.34. The minimum Gasteiger partial charge on any atom is -0.302 e. The van der Waals surface area contributed by atoms with Crippen molar-refractivity contribution in [3.8, 4) is 5.69 Å². The van der Waals surface area contributed by atoms with Crippen molar-refractivity contribution in [2.45, 2.75) is 31.6 Å². The van der Waals surface area contributed by atoms with Crippen LogP contribution in [-0.2, 0) is 4.79 Å². The molecular weight excluding hydrogens is 260 g/mol. The van der Waals surface area contributed by atoms with Crippen molar-refractivity contribution in [1.82, 2.24) is 9.55 Å². The topological polar surface area (TPSA) is 34.9 Å². The van der Waals surface area contributed by atoms with Crippen molar-refractivity contribution in [3.63, 3.8) is 0 Å². The number of para-hydroxylation sites is 1. The van der Waals surface area contributed by atoms with E-state index >= 15 is 0 Å². The second kappa shape index (κ2) is 4.99. The zero-order chi connectivity index (χ0) is 14.2. The fourth-order valence-corrected chi connectivity index (χ4v) is 3.59. The Labute approximate surface area is 124 Å². The maximum Gasteiger partial charge on any atom is 0.137 e. The molecule has 3 nitrogen and oxygen atoms in total. The highest BCUT2D eigenvalue weighted by atomic mass is 16.1. The van der Waals surface area contributed by atoms with Crippen LogP contribution < -0.4 is 0 Å². The lowest BCUT2D eigenvalue weighted by Gasteiger charge is -2.19. The van der Waals surface area contributed by atoms with Crippen LogP contribution >= 0.6 is 0 Å². The van der Waals surface area contributed by atoms with Gasteiger partial charge in [-0.15, -0.1) is 0 Å². The number of hydrogen-bond donors (Lipinski definition) is 0. The first-order valence-electron chi connectivity index (χ1n) is 7.64. The van der Waals surface area contributed by atoms with E-state index in [1.807, 2.05) is 18.6 Å². The number of imidazole rings is 1. The van der Waals surface area contributed by atoms with Crippen LogP contribution in [0.2, 0.25) is 0 Å². The van der Waals surface area contributed by atoms with Crippen molar-refractivity contribution in [3.05, 3.63) is 60.2 Å². The molecule has 0 N–H and O–H groups in total. The first kappa shape index (κ1) is 12.6. The van der Waals surface area contributed by atoms with Crippen molar-refractivity contribution >= 4 is 5.78 Å². The Morgan fingerprint density at radius 3 is 3.05 bits per heavy atom. The van der Waals surface area contributed by atoms with Crippen LogP contribution in [0.25, 0.3) is 5.69 Å². The summed E-state index contributed by atoms with van der Waals surface area (Å²) in [6.07, 6.45) is 11.6. The van der Waals surface area contributed by atoms with E-state index in [0.717, 1.165) is 25.0 Å². The lowest BCUT2D eigenvalue weighted by Crippen LogP contribution is -2.18. The number of hydrogen-bond acceptors (Lipinski definition) is 2. The summed E-state index contributed by atoms with van der Waals surface area (Å²) in [5.41, 5.74) is 3.58. The number of allylic oxidation sites excluding steroid dienone is 2. The predicted molar refractivity (Wildman–Crippen MR) is 81.5 cm³/mol. The van der Waals surface area contributed by atoms with Gasteiger partial charge in [0.15, 0.2) is 0 Å². The molecule has 1 aromatic heterocycles. The number of aromatic nitrogens is 2.